The molecule has 1 N–H and O–H groups in total. The van der Waals surface area contributed by atoms with Crippen molar-refractivity contribution in [3.05, 3.63) is 63.8 Å². The number of aromatic nitrogens is 2. The Labute approximate surface area is 204 Å². The van der Waals surface area contributed by atoms with Crippen LogP contribution >= 0.6 is 11.6 Å². The first kappa shape index (κ1) is 24.2. The van der Waals surface area contributed by atoms with Gasteiger partial charge in [-0.05, 0) is 108 Å². The highest BCUT2D eigenvalue weighted by molar-refractivity contribution is 6.30. The van der Waals surface area contributed by atoms with Crippen LogP contribution in [-0.4, -0.2) is 40.7 Å². The molecule has 1 aliphatic heterocycles. The summed E-state index contributed by atoms with van der Waals surface area (Å²) in [6, 6.07) is 6.54. The van der Waals surface area contributed by atoms with Gasteiger partial charge >= 0.3 is 0 Å². The Morgan fingerprint density at radius 3 is 2.73 bits per heavy atom. The van der Waals surface area contributed by atoms with Gasteiger partial charge < -0.3 is 9.88 Å². The van der Waals surface area contributed by atoms with Crippen molar-refractivity contribution in [3.63, 3.8) is 0 Å². The molecule has 1 aliphatic carbocycles. The van der Waals surface area contributed by atoms with Crippen LogP contribution in [0.2, 0.25) is 5.02 Å². The Hall–Kier alpha value is -1.91. The number of hydrogen-bond acceptors (Lipinski definition) is 3. The topological polar surface area (TPSA) is 44.3 Å². The Bertz CT molecular complexity index is 939. The summed E-state index contributed by atoms with van der Waals surface area (Å²) in [6.07, 6.45) is 16.7. The molecular formula is C28H39ClN4. The van der Waals surface area contributed by atoms with Gasteiger partial charge in [-0.25, -0.2) is 4.98 Å². The van der Waals surface area contributed by atoms with E-state index in [9.17, 15) is 0 Å². The van der Waals surface area contributed by atoms with Gasteiger partial charge in [0.1, 0.15) is 0 Å². The van der Waals surface area contributed by atoms with E-state index in [1.54, 1.807) is 6.33 Å². The van der Waals surface area contributed by atoms with Crippen molar-refractivity contribution in [2.45, 2.75) is 77.6 Å². The van der Waals surface area contributed by atoms with Crippen molar-refractivity contribution >= 4 is 17.8 Å². The van der Waals surface area contributed by atoms with Crippen LogP contribution in [0.15, 0.2) is 47.0 Å². The molecule has 0 bridgehead atoms. The van der Waals surface area contributed by atoms with Crippen molar-refractivity contribution in [3.8, 4) is 0 Å². The minimum Gasteiger partial charge on any atom is -0.348 e. The summed E-state index contributed by atoms with van der Waals surface area (Å²) in [5.41, 5.74) is 6.91. The Morgan fingerprint density at radius 1 is 1.15 bits per heavy atom. The lowest BCUT2D eigenvalue weighted by molar-refractivity contribution is 0.171. The van der Waals surface area contributed by atoms with Crippen LogP contribution in [0.3, 0.4) is 0 Å². The zero-order valence-electron chi connectivity index (χ0n) is 20.3. The normalized spacial score (nSPS) is 20.4. The van der Waals surface area contributed by atoms with Crippen LogP contribution < -0.4 is 0 Å². The maximum atomic E-state index is 6.37. The predicted molar refractivity (Wildman–Crippen MR) is 139 cm³/mol. The number of aryl methyl sites for hydroxylation is 2. The second-order valence-corrected chi connectivity index (χ2v) is 10.2. The molecule has 2 heterocycles. The summed E-state index contributed by atoms with van der Waals surface area (Å²) >= 11 is 6.37. The summed E-state index contributed by atoms with van der Waals surface area (Å²) in [5.74, 6) is 1.06. The highest BCUT2D eigenvalue weighted by Gasteiger charge is 2.33. The third-order valence-electron chi connectivity index (χ3n) is 7.54. The third kappa shape index (κ3) is 6.36. The number of aliphatic imine (C=N–C) groups is 1. The van der Waals surface area contributed by atoms with E-state index in [-0.39, 0.29) is 0 Å². The highest BCUT2D eigenvalue weighted by atomic mass is 35.5. The molecular weight excluding hydrogens is 428 g/mol. The molecule has 4 rings (SSSR count). The van der Waals surface area contributed by atoms with E-state index in [2.05, 4.69) is 40.0 Å². The first-order valence-corrected chi connectivity index (χ1v) is 13.2. The number of imidazole rings is 1. The van der Waals surface area contributed by atoms with Gasteiger partial charge in [-0.15, -0.1) is 0 Å². The Morgan fingerprint density at radius 2 is 1.97 bits per heavy atom. The Kier molecular flexibility index (Phi) is 8.80. The number of hydrogen-bond donors (Lipinski definition) is 1. The second kappa shape index (κ2) is 12.0. The molecule has 2 aliphatic rings. The quantitative estimate of drug-likeness (QED) is 0.320. The largest absolute Gasteiger partial charge is 0.348 e. The summed E-state index contributed by atoms with van der Waals surface area (Å²) in [4.78, 5) is 14.9. The van der Waals surface area contributed by atoms with Gasteiger partial charge in [-0.1, -0.05) is 36.1 Å². The predicted octanol–water partition coefficient (Wildman–Crippen LogP) is 6.97. The molecule has 0 amide bonds. The molecule has 1 atom stereocenters. The van der Waals surface area contributed by atoms with Crippen LogP contribution in [0.25, 0.3) is 0 Å². The number of benzene rings is 1. The molecule has 0 saturated carbocycles. The number of H-pyrrole nitrogens is 1. The van der Waals surface area contributed by atoms with E-state index in [0.29, 0.717) is 11.8 Å². The lowest BCUT2D eigenvalue weighted by Crippen LogP contribution is -2.36. The van der Waals surface area contributed by atoms with Crippen LogP contribution in [0.4, 0.5) is 0 Å². The highest BCUT2D eigenvalue weighted by Crippen LogP contribution is 2.44. The number of likely N-dealkylation sites (tertiary alicyclic amines) is 1. The van der Waals surface area contributed by atoms with Crippen molar-refractivity contribution in [1.82, 2.24) is 14.9 Å². The first-order valence-electron chi connectivity index (χ1n) is 12.8. The second-order valence-electron chi connectivity index (χ2n) is 9.79. The lowest BCUT2D eigenvalue weighted by atomic mass is 9.76. The van der Waals surface area contributed by atoms with Crippen LogP contribution in [0.5, 0.6) is 0 Å². The molecule has 5 heteroatoms. The monoisotopic (exact) mass is 466 g/mol. The SMILES string of the molecule is CC=NC1=C(C)CCc2cc(Cl)ccc2C1C1CCN(CCCCCCc2cnc[nH]2)CC1. The molecule has 33 heavy (non-hydrogen) atoms. The maximum absolute atomic E-state index is 6.37. The molecule has 2 aromatic rings. The summed E-state index contributed by atoms with van der Waals surface area (Å²) < 4.78 is 0. The van der Waals surface area contributed by atoms with Gasteiger partial charge in [0.2, 0.25) is 0 Å². The number of nitrogens with one attached hydrogen (secondary N) is 1. The maximum Gasteiger partial charge on any atom is 0.0921 e. The minimum atomic E-state index is 0.403. The van der Waals surface area contributed by atoms with Crippen LogP contribution in [-0.2, 0) is 12.8 Å². The molecule has 1 fully saturated rings. The summed E-state index contributed by atoms with van der Waals surface area (Å²) in [7, 11) is 0. The lowest BCUT2D eigenvalue weighted by Gasteiger charge is -2.37. The van der Waals surface area contributed by atoms with Crippen molar-refractivity contribution in [1.29, 1.82) is 0 Å². The van der Waals surface area contributed by atoms with E-state index >= 15 is 0 Å². The smallest absolute Gasteiger partial charge is 0.0921 e. The number of allylic oxidation sites excluding steroid dienone is 2. The van der Waals surface area contributed by atoms with Crippen molar-refractivity contribution in [2.75, 3.05) is 19.6 Å². The Balaban J connectivity index is 1.31. The molecule has 4 nitrogen and oxygen atoms in total. The third-order valence-corrected chi connectivity index (χ3v) is 7.77. The number of aromatic amines is 1. The fourth-order valence-corrected chi connectivity index (χ4v) is 5.89. The number of halogens is 1. The van der Waals surface area contributed by atoms with Gasteiger partial charge in [0, 0.05) is 34.7 Å². The van der Waals surface area contributed by atoms with E-state index in [0.717, 1.165) is 24.3 Å². The van der Waals surface area contributed by atoms with Gasteiger partial charge in [0.25, 0.3) is 0 Å². The molecule has 1 aromatic carbocycles. The fraction of sp³-hybridized carbons (Fsp3) is 0.571. The number of fused-ring (bicyclic) bond motifs is 1. The number of piperidine rings is 1. The molecule has 1 unspecified atom stereocenters. The van der Waals surface area contributed by atoms with E-state index < -0.39 is 0 Å². The zero-order chi connectivity index (χ0) is 23.0. The minimum absolute atomic E-state index is 0.403. The number of nitrogens with zero attached hydrogens (tertiary/aromatic N) is 3. The number of unbranched alkanes of at least 4 members (excludes halogenated alkanes) is 3. The molecule has 0 spiro atoms. The van der Waals surface area contributed by atoms with Gasteiger partial charge in [-0.3, -0.25) is 4.99 Å². The number of rotatable bonds is 9. The molecule has 1 saturated heterocycles. The van der Waals surface area contributed by atoms with Gasteiger partial charge in [0.15, 0.2) is 0 Å². The van der Waals surface area contributed by atoms with E-state index in [1.165, 1.54) is 86.3 Å². The average molecular weight is 467 g/mol. The average Bonchev–Trinajstić information content (AvgIpc) is 3.30. The van der Waals surface area contributed by atoms with E-state index in [1.807, 2.05) is 19.3 Å². The van der Waals surface area contributed by atoms with E-state index in [4.69, 9.17) is 16.6 Å². The standard InChI is InChI=1S/C28H39ClN4/c1-3-31-28-21(2)9-10-23-18-24(29)11-12-26(23)27(28)22-13-16-33(17-14-22)15-7-5-4-6-8-25-19-30-20-32-25/h3,11-12,18-20,22,27H,4-10,13-17H2,1-2H3,(H,30,32). The fourth-order valence-electron chi connectivity index (χ4n) is 5.70. The van der Waals surface area contributed by atoms with Crippen molar-refractivity contribution in [2.24, 2.45) is 10.9 Å². The van der Waals surface area contributed by atoms with Gasteiger partial charge in [-0.2, -0.15) is 0 Å². The zero-order valence-corrected chi connectivity index (χ0v) is 21.1. The van der Waals surface area contributed by atoms with Gasteiger partial charge in [0.05, 0.1) is 6.33 Å². The summed E-state index contributed by atoms with van der Waals surface area (Å²) in [6.45, 7) is 7.98. The van der Waals surface area contributed by atoms with Crippen LogP contribution in [0.1, 0.15) is 81.5 Å². The first-order chi connectivity index (χ1) is 16.2. The molecule has 178 valence electrons. The summed E-state index contributed by atoms with van der Waals surface area (Å²) in [5, 5.41) is 0.854. The van der Waals surface area contributed by atoms with Crippen molar-refractivity contribution < 1.29 is 0 Å². The molecule has 1 aromatic heterocycles. The van der Waals surface area contributed by atoms with Crippen LogP contribution in [0, 0.1) is 5.92 Å². The molecule has 0 radical (unpaired) electrons.